The van der Waals surface area contributed by atoms with E-state index >= 15 is 0 Å². The molecule has 1 fully saturated rings. The van der Waals surface area contributed by atoms with Gasteiger partial charge in [-0.05, 0) is 18.9 Å². The molecule has 20 heavy (non-hydrogen) atoms. The van der Waals surface area contributed by atoms with Crippen LogP contribution in [0.15, 0.2) is 22.6 Å². The van der Waals surface area contributed by atoms with Gasteiger partial charge in [0.2, 0.25) is 0 Å². The third-order valence-corrected chi connectivity index (χ3v) is 3.69. The van der Waals surface area contributed by atoms with E-state index in [1.54, 1.807) is 6.07 Å². The first-order chi connectivity index (χ1) is 9.56. The second-order valence-corrected chi connectivity index (χ2v) is 5.21. The molecule has 2 N–H and O–H groups in total. The molecular weight excluding hydrogens is 262 g/mol. The van der Waals surface area contributed by atoms with E-state index in [9.17, 15) is 15.2 Å². The summed E-state index contributed by atoms with van der Waals surface area (Å²) in [5.74, 6) is 0. The Morgan fingerprint density at radius 2 is 2.20 bits per heavy atom. The van der Waals surface area contributed by atoms with Crippen LogP contribution < -0.4 is 5.32 Å². The fourth-order valence-electron chi connectivity index (χ4n) is 2.55. The van der Waals surface area contributed by atoms with Crippen LogP contribution in [0.5, 0.6) is 0 Å². The van der Waals surface area contributed by atoms with Crippen LogP contribution in [0.3, 0.4) is 0 Å². The van der Waals surface area contributed by atoms with E-state index in [0.717, 1.165) is 25.7 Å². The normalized spacial score (nSPS) is 17.4. The van der Waals surface area contributed by atoms with E-state index in [1.165, 1.54) is 12.1 Å². The van der Waals surface area contributed by atoms with Gasteiger partial charge in [0.05, 0.1) is 16.6 Å². The van der Waals surface area contributed by atoms with Gasteiger partial charge in [-0.1, -0.05) is 12.8 Å². The zero-order valence-electron chi connectivity index (χ0n) is 10.8. The van der Waals surface area contributed by atoms with Crippen LogP contribution in [0.1, 0.15) is 25.7 Å². The predicted molar refractivity (Wildman–Crippen MR) is 72.6 cm³/mol. The maximum Gasteiger partial charge on any atom is 0.295 e. The molecule has 0 radical (unpaired) electrons. The van der Waals surface area contributed by atoms with Crippen LogP contribution in [0.4, 0.5) is 11.7 Å². The molecule has 1 aromatic heterocycles. The van der Waals surface area contributed by atoms with Gasteiger partial charge in [-0.3, -0.25) is 10.1 Å². The first-order valence-corrected chi connectivity index (χ1v) is 6.57. The lowest BCUT2D eigenvalue weighted by molar-refractivity contribution is -0.384. The summed E-state index contributed by atoms with van der Waals surface area (Å²) in [4.78, 5) is 14.4. The number of aromatic nitrogens is 1. The Labute approximate surface area is 114 Å². The first-order valence-electron chi connectivity index (χ1n) is 6.57. The lowest BCUT2D eigenvalue weighted by atomic mass is 10.0. The van der Waals surface area contributed by atoms with E-state index in [2.05, 4.69) is 10.3 Å². The zero-order chi connectivity index (χ0) is 14.2. The van der Waals surface area contributed by atoms with E-state index < -0.39 is 10.5 Å². The smallest absolute Gasteiger partial charge is 0.295 e. The molecule has 3 rings (SSSR count). The summed E-state index contributed by atoms with van der Waals surface area (Å²) in [6, 6.07) is 4.56. The Morgan fingerprint density at radius 3 is 2.90 bits per heavy atom. The van der Waals surface area contributed by atoms with Gasteiger partial charge in [-0.25, -0.2) is 0 Å². The van der Waals surface area contributed by atoms with Gasteiger partial charge in [-0.15, -0.1) is 0 Å². The molecule has 0 saturated heterocycles. The number of aliphatic hydroxyl groups is 1. The van der Waals surface area contributed by atoms with Gasteiger partial charge in [0.1, 0.15) is 5.52 Å². The Balaban J connectivity index is 1.77. The summed E-state index contributed by atoms with van der Waals surface area (Å²) in [5, 5.41) is 23.9. The molecule has 0 aliphatic heterocycles. The number of benzene rings is 1. The van der Waals surface area contributed by atoms with Crippen molar-refractivity contribution in [3.8, 4) is 0 Å². The molecule has 0 spiro atoms. The molecule has 1 aromatic carbocycles. The van der Waals surface area contributed by atoms with Gasteiger partial charge < -0.3 is 14.8 Å². The highest BCUT2D eigenvalue weighted by atomic mass is 16.6. The monoisotopic (exact) mass is 277 g/mol. The fourth-order valence-corrected chi connectivity index (χ4v) is 2.55. The lowest BCUT2D eigenvalue weighted by Gasteiger charge is -2.21. The number of nitro benzene ring substituents is 1. The fraction of sp³-hybridized carbons (Fsp3) is 0.462. The number of nitrogens with one attached hydrogen (secondary N) is 1. The number of nitro groups is 1. The van der Waals surface area contributed by atoms with Crippen LogP contribution in [0.25, 0.3) is 11.1 Å². The third kappa shape index (κ3) is 2.44. The Kier molecular flexibility index (Phi) is 3.06. The van der Waals surface area contributed by atoms with Crippen LogP contribution in [-0.2, 0) is 0 Å². The molecule has 106 valence electrons. The summed E-state index contributed by atoms with van der Waals surface area (Å²) in [5.41, 5.74) is 0.179. The molecule has 1 aliphatic carbocycles. The van der Waals surface area contributed by atoms with Crippen LogP contribution in [0.2, 0.25) is 0 Å². The second kappa shape index (κ2) is 4.75. The van der Waals surface area contributed by atoms with Crippen molar-refractivity contribution >= 4 is 22.8 Å². The zero-order valence-corrected chi connectivity index (χ0v) is 10.8. The minimum absolute atomic E-state index is 0.0328. The van der Waals surface area contributed by atoms with E-state index in [-0.39, 0.29) is 11.7 Å². The quantitative estimate of drug-likeness (QED) is 0.657. The molecule has 2 aromatic rings. The number of oxazole rings is 1. The summed E-state index contributed by atoms with van der Waals surface area (Å²) in [6.07, 6.45) is 3.59. The highest BCUT2D eigenvalue weighted by molar-refractivity contribution is 5.77. The van der Waals surface area contributed by atoms with Crippen molar-refractivity contribution in [1.29, 1.82) is 0 Å². The summed E-state index contributed by atoms with van der Waals surface area (Å²) in [7, 11) is 0. The van der Waals surface area contributed by atoms with Gasteiger partial charge >= 0.3 is 0 Å². The summed E-state index contributed by atoms with van der Waals surface area (Å²) < 4.78 is 5.43. The summed E-state index contributed by atoms with van der Waals surface area (Å²) in [6.45, 7) is 0.377. The number of hydrogen-bond acceptors (Lipinski definition) is 6. The van der Waals surface area contributed by atoms with Crippen molar-refractivity contribution in [1.82, 2.24) is 4.98 Å². The average molecular weight is 277 g/mol. The van der Waals surface area contributed by atoms with Crippen LogP contribution >= 0.6 is 0 Å². The number of non-ortho nitro benzene ring substituents is 1. The minimum Gasteiger partial charge on any atom is -0.423 e. The van der Waals surface area contributed by atoms with E-state index in [0.29, 0.717) is 17.6 Å². The van der Waals surface area contributed by atoms with E-state index in [1.807, 2.05) is 0 Å². The molecule has 0 bridgehead atoms. The molecule has 0 unspecified atom stereocenters. The highest BCUT2D eigenvalue weighted by Crippen LogP contribution is 2.30. The number of anilines is 1. The van der Waals surface area contributed by atoms with Crippen LogP contribution in [-0.4, -0.2) is 27.2 Å². The minimum atomic E-state index is -0.702. The van der Waals surface area contributed by atoms with Crippen molar-refractivity contribution in [2.45, 2.75) is 31.3 Å². The molecule has 7 heteroatoms. The van der Waals surface area contributed by atoms with Crippen LogP contribution in [0, 0.1) is 10.1 Å². The van der Waals surface area contributed by atoms with Crippen molar-refractivity contribution < 1.29 is 14.4 Å². The Bertz CT molecular complexity index is 646. The molecule has 1 aliphatic rings. The topological polar surface area (TPSA) is 101 Å². The van der Waals surface area contributed by atoms with E-state index in [4.69, 9.17) is 4.42 Å². The third-order valence-electron chi connectivity index (χ3n) is 3.69. The van der Waals surface area contributed by atoms with Gasteiger partial charge in [0.15, 0.2) is 5.58 Å². The molecular formula is C13H15N3O4. The molecule has 0 amide bonds. The lowest BCUT2D eigenvalue weighted by Crippen LogP contribution is -2.33. The Hall–Kier alpha value is -2.15. The van der Waals surface area contributed by atoms with Crippen molar-refractivity contribution in [3.63, 3.8) is 0 Å². The van der Waals surface area contributed by atoms with Gasteiger partial charge in [-0.2, -0.15) is 4.98 Å². The second-order valence-electron chi connectivity index (χ2n) is 5.21. The molecule has 1 heterocycles. The van der Waals surface area contributed by atoms with Crippen molar-refractivity contribution in [3.05, 3.63) is 28.3 Å². The molecule has 7 nitrogen and oxygen atoms in total. The van der Waals surface area contributed by atoms with Crippen molar-refractivity contribution in [2.24, 2.45) is 0 Å². The maximum atomic E-state index is 10.7. The number of rotatable bonds is 4. The van der Waals surface area contributed by atoms with Crippen molar-refractivity contribution in [2.75, 3.05) is 11.9 Å². The molecule has 1 saturated carbocycles. The largest absolute Gasteiger partial charge is 0.423 e. The highest BCUT2D eigenvalue weighted by Gasteiger charge is 2.31. The average Bonchev–Trinajstić information content (AvgIpc) is 3.01. The van der Waals surface area contributed by atoms with Gasteiger partial charge in [0, 0.05) is 12.6 Å². The number of nitrogens with zero attached hydrogens (tertiary/aromatic N) is 2. The molecule has 0 atom stereocenters. The first kappa shape index (κ1) is 12.9. The summed E-state index contributed by atoms with van der Waals surface area (Å²) >= 11 is 0. The van der Waals surface area contributed by atoms with Gasteiger partial charge in [0.25, 0.3) is 11.7 Å². The number of hydrogen-bond donors (Lipinski definition) is 2. The maximum absolute atomic E-state index is 10.7. The SMILES string of the molecule is O=[N+]([O-])c1ccc2nc(NCC3(O)CCCC3)oc2c1. The predicted octanol–water partition coefficient (Wildman–Crippen LogP) is 2.45. The Morgan fingerprint density at radius 1 is 1.45 bits per heavy atom. The standard InChI is InChI=1S/C13H15N3O4/c17-13(5-1-2-6-13)8-14-12-15-10-4-3-9(16(18)19)7-11(10)20-12/h3-4,7,17H,1-2,5-6,8H2,(H,14,15). The number of fused-ring (bicyclic) bond motifs is 1.